The summed E-state index contributed by atoms with van der Waals surface area (Å²) in [5.74, 6) is 0.315. The molecule has 0 aromatic rings. The Morgan fingerprint density at radius 2 is 2.20 bits per heavy atom. The summed E-state index contributed by atoms with van der Waals surface area (Å²) in [5, 5.41) is 3.05. The molecule has 1 saturated heterocycles. The zero-order valence-electron chi connectivity index (χ0n) is 9.08. The highest BCUT2D eigenvalue weighted by Crippen LogP contribution is 2.23. The molecule has 15 heavy (non-hydrogen) atoms. The maximum atomic E-state index is 11.9. The van der Waals surface area contributed by atoms with Crippen molar-refractivity contribution in [3.8, 4) is 0 Å². The monoisotopic (exact) mass is 212 g/mol. The molecule has 3 atom stereocenters. The molecule has 3 unspecified atom stereocenters. The van der Waals surface area contributed by atoms with Gasteiger partial charge in [0.1, 0.15) is 0 Å². The zero-order chi connectivity index (χ0) is 10.7. The van der Waals surface area contributed by atoms with Gasteiger partial charge in [-0.25, -0.2) is 0 Å². The fraction of sp³-hybridized carbons (Fsp3) is 0.909. The number of nitrogens with one attached hydrogen (secondary N) is 1. The van der Waals surface area contributed by atoms with Gasteiger partial charge in [0, 0.05) is 18.6 Å². The first-order chi connectivity index (χ1) is 7.25. The lowest BCUT2D eigenvalue weighted by molar-refractivity contribution is -0.126. The summed E-state index contributed by atoms with van der Waals surface area (Å²) >= 11 is 0. The Bertz CT molecular complexity index is 227. The standard InChI is InChI=1S/C11H20N2O2/c12-9-3-1-2-8(6-9)11(14)13-10-4-5-15-7-10/h8-10H,1-7,12H2,(H,13,14). The van der Waals surface area contributed by atoms with Crippen LogP contribution in [0.2, 0.25) is 0 Å². The van der Waals surface area contributed by atoms with Crippen molar-refractivity contribution in [2.75, 3.05) is 13.2 Å². The van der Waals surface area contributed by atoms with Gasteiger partial charge < -0.3 is 15.8 Å². The molecule has 0 aromatic heterocycles. The summed E-state index contributed by atoms with van der Waals surface area (Å²) in [6, 6.07) is 0.449. The van der Waals surface area contributed by atoms with Crippen molar-refractivity contribution in [1.29, 1.82) is 0 Å². The summed E-state index contributed by atoms with van der Waals surface area (Å²) in [4.78, 5) is 11.9. The van der Waals surface area contributed by atoms with Gasteiger partial charge in [-0.05, 0) is 25.7 Å². The SMILES string of the molecule is NC1CCCC(C(=O)NC2CCOC2)C1. The number of rotatable bonds is 2. The van der Waals surface area contributed by atoms with Crippen LogP contribution in [0.15, 0.2) is 0 Å². The summed E-state index contributed by atoms with van der Waals surface area (Å²) in [6.07, 6.45) is 4.94. The number of carbonyl (C=O) groups is 1. The lowest BCUT2D eigenvalue weighted by atomic mass is 9.85. The molecule has 4 nitrogen and oxygen atoms in total. The van der Waals surface area contributed by atoms with Gasteiger partial charge in [0.15, 0.2) is 0 Å². The van der Waals surface area contributed by atoms with Crippen LogP contribution in [0.25, 0.3) is 0 Å². The van der Waals surface area contributed by atoms with E-state index in [2.05, 4.69) is 5.32 Å². The molecule has 0 spiro atoms. The molecule has 3 N–H and O–H groups in total. The second-order valence-corrected chi connectivity index (χ2v) is 4.69. The van der Waals surface area contributed by atoms with Crippen molar-refractivity contribution in [1.82, 2.24) is 5.32 Å². The molecule has 1 aliphatic carbocycles. The van der Waals surface area contributed by atoms with Crippen molar-refractivity contribution in [3.63, 3.8) is 0 Å². The summed E-state index contributed by atoms with van der Waals surface area (Å²) in [5.41, 5.74) is 5.87. The van der Waals surface area contributed by atoms with Gasteiger partial charge in [0.25, 0.3) is 0 Å². The van der Waals surface area contributed by atoms with Crippen LogP contribution in [-0.4, -0.2) is 31.2 Å². The molecule has 86 valence electrons. The van der Waals surface area contributed by atoms with Crippen LogP contribution in [0.1, 0.15) is 32.1 Å². The van der Waals surface area contributed by atoms with Gasteiger partial charge in [-0.3, -0.25) is 4.79 Å². The normalized spacial score (nSPS) is 36.5. The predicted molar refractivity (Wildman–Crippen MR) is 57.3 cm³/mol. The molecular weight excluding hydrogens is 192 g/mol. The molecule has 0 radical (unpaired) electrons. The Balaban J connectivity index is 1.78. The van der Waals surface area contributed by atoms with Gasteiger partial charge in [-0.15, -0.1) is 0 Å². The van der Waals surface area contributed by atoms with E-state index in [0.717, 1.165) is 38.7 Å². The van der Waals surface area contributed by atoms with Crippen LogP contribution in [0.4, 0.5) is 0 Å². The van der Waals surface area contributed by atoms with Crippen molar-refractivity contribution in [2.24, 2.45) is 11.7 Å². The first-order valence-electron chi connectivity index (χ1n) is 5.89. The highest BCUT2D eigenvalue weighted by Gasteiger charge is 2.27. The maximum absolute atomic E-state index is 11.9. The van der Waals surface area contributed by atoms with Gasteiger partial charge in [-0.1, -0.05) is 6.42 Å². The van der Waals surface area contributed by atoms with Crippen LogP contribution in [0.5, 0.6) is 0 Å². The molecule has 1 heterocycles. The number of ether oxygens (including phenoxy) is 1. The smallest absolute Gasteiger partial charge is 0.223 e. The number of nitrogens with two attached hydrogens (primary N) is 1. The van der Waals surface area contributed by atoms with Gasteiger partial charge >= 0.3 is 0 Å². The largest absolute Gasteiger partial charge is 0.379 e. The van der Waals surface area contributed by atoms with Crippen LogP contribution in [-0.2, 0) is 9.53 Å². The van der Waals surface area contributed by atoms with E-state index in [1.165, 1.54) is 0 Å². The molecular formula is C11H20N2O2. The number of hydrogen-bond donors (Lipinski definition) is 2. The minimum absolute atomic E-state index is 0.134. The van der Waals surface area contributed by atoms with E-state index in [4.69, 9.17) is 10.5 Å². The van der Waals surface area contributed by atoms with E-state index in [-0.39, 0.29) is 23.9 Å². The van der Waals surface area contributed by atoms with Crippen LogP contribution < -0.4 is 11.1 Å². The quantitative estimate of drug-likeness (QED) is 0.696. The second kappa shape index (κ2) is 4.94. The third-order valence-corrected chi connectivity index (χ3v) is 3.36. The van der Waals surface area contributed by atoms with Crippen molar-refractivity contribution < 1.29 is 9.53 Å². The number of hydrogen-bond acceptors (Lipinski definition) is 3. The van der Waals surface area contributed by atoms with Gasteiger partial charge in [0.05, 0.1) is 12.6 Å². The van der Waals surface area contributed by atoms with Crippen molar-refractivity contribution in [2.45, 2.75) is 44.2 Å². The Morgan fingerprint density at radius 3 is 2.87 bits per heavy atom. The summed E-state index contributed by atoms with van der Waals surface area (Å²) in [7, 11) is 0. The number of amides is 1. The first kappa shape index (κ1) is 10.9. The summed E-state index contributed by atoms with van der Waals surface area (Å²) < 4.78 is 5.23. The second-order valence-electron chi connectivity index (χ2n) is 4.69. The topological polar surface area (TPSA) is 64.4 Å². The lowest BCUT2D eigenvalue weighted by Crippen LogP contribution is -2.42. The molecule has 4 heteroatoms. The van der Waals surface area contributed by atoms with E-state index in [1.54, 1.807) is 0 Å². The molecule has 1 amide bonds. The fourth-order valence-electron chi connectivity index (χ4n) is 2.43. The highest BCUT2D eigenvalue weighted by atomic mass is 16.5. The average Bonchev–Trinajstić information content (AvgIpc) is 2.70. The Labute approximate surface area is 90.5 Å². The van der Waals surface area contributed by atoms with Crippen LogP contribution >= 0.6 is 0 Å². The Hall–Kier alpha value is -0.610. The fourth-order valence-corrected chi connectivity index (χ4v) is 2.43. The summed E-state index contributed by atoms with van der Waals surface area (Å²) in [6.45, 7) is 1.44. The van der Waals surface area contributed by atoms with Crippen LogP contribution in [0.3, 0.4) is 0 Å². The molecule has 2 rings (SSSR count). The molecule has 2 fully saturated rings. The van der Waals surface area contributed by atoms with E-state index >= 15 is 0 Å². The zero-order valence-corrected chi connectivity index (χ0v) is 9.08. The molecule has 0 aromatic carbocycles. The van der Waals surface area contributed by atoms with Gasteiger partial charge in [-0.2, -0.15) is 0 Å². The third-order valence-electron chi connectivity index (χ3n) is 3.36. The van der Waals surface area contributed by atoms with Crippen LogP contribution in [0, 0.1) is 5.92 Å². The van der Waals surface area contributed by atoms with Gasteiger partial charge in [0.2, 0.25) is 5.91 Å². The first-order valence-corrected chi connectivity index (χ1v) is 5.89. The molecule has 1 saturated carbocycles. The van der Waals surface area contributed by atoms with E-state index in [9.17, 15) is 4.79 Å². The lowest BCUT2D eigenvalue weighted by Gasteiger charge is -2.26. The van der Waals surface area contributed by atoms with E-state index in [1.807, 2.05) is 0 Å². The minimum atomic E-state index is 0.134. The van der Waals surface area contributed by atoms with Crippen molar-refractivity contribution >= 4 is 5.91 Å². The Morgan fingerprint density at radius 1 is 1.33 bits per heavy atom. The number of carbonyl (C=O) groups excluding carboxylic acids is 1. The third kappa shape index (κ3) is 2.92. The predicted octanol–water partition coefficient (Wildman–Crippen LogP) is 0.409. The highest BCUT2D eigenvalue weighted by molar-refractivity contribution is 5.79. The van der Waals surface area contributed by atoms with E-state index < -0.39 is 0 Å². The molecule has 1 aliphatic heterocycles. The minimum Gasteiger partial charge on any atom is -0.379 e. The molecule has 0 bridgehead atoms. The van der Waals surface area contributed by atoms with E-state index in [0.29, 0.717) is 6.61 Å². The molecule has 2 aliphatic rings. The average molecular weight is 212 g/mol. The maximum Gasteiger partial charge on any atom is 0.223 e. The Kier molecular flexibility index (Phi) is 3.59. The van der Waals surface area contributed by atoms with Crippen molar-refractivity contribution in [3.05, 3.63) is 0 Å².